The molecule has 2 aromatic heterocycles. The number of fused-ring (bicyclic) bond motifs is 1. The summed E-state index contributed by atoms with van der Waals surface area (Å²) >= 11 is 12.9. The molecular formula is C21H22Cl2N4O. The van der Waals surface area contributed by atoms with Gasteiger partial charge in [-0.25, -0.2) is 15.0 Å². The molecule has 2 fully saturated rings. The van der Waals surface area contributed by atoms with Crippen LogP contribution in [0, 0.1) is 11.8 Å². The summed E-state index contributed by atoms with van der Waals surface area (Å²) in [5.74, 6) is 3.14. The van der Waals surface area contributed by atoms with E-state index in [4.69, 9.17) is 32.9 Å². The maximum absolute atomic E-state index is 6.55. The zero-order valence-electron chi connectivity index (χ0n) is 16.0. The molecule has 0 bridgehead atoms. The maximum atomic E-state index is 6.55. The molecule has 0 saturated heterocycles. The summed E-state index contributed by atoms with van der Waals surface area (Å²) < 4.78 is 7.67. The van der Waals surface area contributed by atoms with Gasteiger partial charge in [-0.3, -0.25) is 0 Å². The Labute approximate surface area is 174 Å². The van der Waals surface area contributed by atoms with Crippen molar-refractivity contribution in [1.29, 1.82) is 0 Å². The Morgan fingerprint density at radius 2 is 1.82 bits per heavy atom. The summed E-state index contributed by atoms with van der Waals surface area (Å²) in [5.41, 5.74) is 3.18. The van der Waals surface area contributed by atoms with E-state index in [-0.39, 0.29) is 0 Å². The highest BCUT2D eigenvalue weighted by Gasteiger charge is 2.44. The molecular weight excluding hydrogens is 395 g/mol. The van der Waals surface area contributed by atoms with Crippen LogP contribution >= 0.6 is 23.2 Å². The molecule has 0 spiro atoms. The fourth-order valence-corrected chi connectivity index (χ4v) is 4.75. The minimum absolute atomic E-state index is 0.498. The van der Waals surface area contributed by atoms with Crippen LogP contribution in [0.15, 0.2) is 18.5 Å². The average Bonchev–Trinajstić information content (AvgIpc) is 3.62. The van der Waals surface area contributed by atoms with Gasteiger partial charge in [0.15, 0.2) is 5.65 Å². The third-order valence-electron chi connectivity index (χ3n) is 5.87. The molecule has 3 aromatic rings. The van der Waals surface area contributed by atoms with E-state index in [0.29, 0.717) is 21.8 Å². The van der Waals surface area contributed by atoms with E-state index >= 15 is 0 Å². The lowest BCUT2D eigenvalue weighted by Gasteiger charge is -2.20. The van der Waals surface area contributed by atoms with Gasteiger partial charge in [-0.1, -0.05) is 30.1 Å². The lowest BCUT2D eigenvalue weighted by molar-refractivity contribution is 0.391. The summed E-state index contributed by atoms with van der Waals surface area (Å²) in [5, 5.41) is 1.03. The average molecular weight is 417 g/mol. The van der Waals surface area contributed by atoms with Gasteiger partial charge in [0.05, 0.1) is 17.2 Å². The van der Waals surface area contributed by atoms with Gasteiger partial charge in [-0.2, -0.15) is 0 Å². The first-order chi connectivity index (χ1) is 13.6. The quantitative estimate of drug-likeness (QED) is 0.514. The van der Waals surface area contributed by atoms with Crippen LogP contribution in [0.1, 0.15) is 44.5 Å². The van der Waals surface area contributed by atoms with Crippen molar-refractivity contribution in [1.82, 2.24) is 19.5 Å². The Morgan fingerprint density at radius 1 is 1.11 bits per heavy atom. The van der Waals surface area contributed by atoms with Gasteiger partial charge in [0.2, 0.25) is 0 Å². The first kappa shape index (κ1) is 18.2. The number of hydrogen-bond donors (Lipinski definition) is 0. The van der Waals surface area contributed by atoms with E-state index in [9.17, 15) is 0 Å². The standard InChI is InChI=1S/C21H22Cl2N4O/c1-3-17-26-19-18(13-8-15(23)16(28-2)9-14(13)22)24-10-25-21(19)27(17)20(11-4-5-11)12-6-7-12/h8-12,20H,3-7H2,1-2H3. The molecule has 0 amide bonds. The fourth-order valence-electron chi connectivity index (χ4n) is 4.26. The second-order valence-electron chi connectivity index (χ2n) is 7.78. The van der Waals surface area contributed by atoms with Crippen molar-refractivity contribution in [2.24, 2.45) is 11.8 Å². The highest BCUT2D eigenvalue weighted by atomic mass is 35.5. The normalized spacial score (nSPS) is 16.9. The van der Waals surface area contributed by atoms with Gasteiger partial charge >= 0.3 is 0 Å². The molecule has 2 heterocycles. The van der Waals surface area contributed by atoms with Gasteiger partial charge in [0.25, 0.3) is 0 Å². The van der Waals surface area contributed by atoms with Gasteiger partial charge in [0.1, 0.15) is 29.1 Å². The van der Waals surface area contributed by atoms with E-state index in [2.05, 4.69) is 21.5 Å². The van der Waals surface area contributed by atoms with Crippen molar-refractivity contribution in [3.05, 3.63) is 34.3 Å². The van der Waals surface area contributed by atoms with Gasteiger partial charge in [0, 0.05) is 24.1 Å². The third-order valence-corrected chi connectivity index (χ3v) is 6.48. The number of rotatable bonds is 6. The molecule has 0 radical (unpaired) electrons. The topological polar surface area (TPSA) is 52.8 Å². The number of methoxy groups -OCH3 is 1. The van der Waals surface area contributed by atoms with Crippen LogP contribution in [0.4, 0.5) is 0 Å². The molecule has 2 aliphatic carbocycles. The maximum Gasteiger partial charge on any atom is 0.164 e. The van der Waals surface area contributed by atoms with Crippen LogP contribution in [0.5, 0.6) is 5.75 Å². The molecule has 0 atom stereocenters. The van der Waals surface area contributed by atoms with Crippen LogP contribution < -0.4 is 4.74 Å². The Hall–Kier alpha value is -1.85. The van der Waals surface area contributed by atoms with E-state index in [0.717, 1.165) is 46.5 Å². The van der Waals surface area contributed by atoms with Crippen molar-refractivity contribution >= 4 is 34.4 Å². The highest BCUT2D eigenvalue weighted by molar-refractivity contribution is 6.36. The highest BCUT2D eigenvalue weighted by Crippen LogP contribution is 2.53. The number of hydrogen-bond acceptors (Lipinski definition) is 4. The molecule has 2 aliphatic rings. The number of aryl methyl sites for hydroxylation is 1. The van der Waals surface area contributed by atoms with Crippen LogP contribution in [-0.2, 0) is 6.42 Å². The number of nitrogens with zero attached hydrogens (tertiary/aromatic N) is 4. The van der Waals surface area contributed by atoms with E-state index in [1.807, 2.05) is 0 Å². The molecule has 5 rings (SSSR count). The van der Waals surface area contributed by atoms with Crippen LogP contribution in [0.2, 0.25) is 10.0 Å². The molecule has 5 nitrogen and oxygen atoms in total. The van der Waals surface area contributed by atoms with Crippen molar-refractivity contribution in [2.75, 3.05) is 7.11 Å². The SMILES string of the molecule is CCc1nc2c(-c3cc(Cl)c(OC)cc3Cl)ncnc2n1C(C1CC1)C1CC1. The van der Waals surface area contributed by atoms with Gasteiger partial charge in [-0.15, -0.1) is 0 Å². The van der Waals surface area contributed by atoms with Crippen molar-refractivity contribution < 1.29 is 4.74 Å². The monoisotopic (exact) mass is 416 g/mol. The summed E-state index contributed by atoms with van der Waals surface area (Å²) in [4.78, 5) is 14.2. The Kier molecular flexibility index (Phi) is 4.48. The summed E-state index contributed by atoms with van der Waals surface area (Å²) in [7, 11) is 1.57. The Bertz CT molecular complexity index is 1040. The molecule has 1 aromatic carbocycles. The number of benzene rings is 1. The van der Waals surface area contributed by atoms with E-state index in [1.165, 1.54) is 25.7 Å². The predicted molar refractivity (Wildman–Crippen MR) is 111 cm³/mol. The summed E-state index contributed by atoms with van der Waals surface area (Å²) in [6.45, 7) is 2.15. The molecule has 0 aliphatic heterocycles. The number of halogens is 2. The number of ether oxygens (including phenoxy) is 1. The van der Waals surface area contributed by atoms with Gasteiger partial charge < -0.3 is 9.30 Å². The summed E-state index contributed by atoms with van der Waals surface area (Å²) in [6.07, 6.45) is 7.71. The van der Waals surface area contributed by atoms with Crippen LogP contribution in [0.3, 0.4) is 0 Å². The summed E-state index contributed by atoms with van der Waals surface area (Å²) in [6, 6.07) is 4.04. The molecule has 0 N–H and O–H groups in total. The Morgan fingerprint density at radius 3 is 2.43 bits per heavy atom. The molecule has 7 heteroatoms. The molecule has 2 saturated carbocycles. The fraction of sp³-hybridized carbons (Fsp3) is 0.476. The molecule has 146 valence electrons. The third kappa shape index (κ3) is 2.96. The van der Waals surface area contributed by atoms with Crippen LogP contribution in [0.25, 0.3) is 22.4 Å². The lowest BCUT2D eigenvalue weighted by Crippen LogP contribution is -2.16. The van der Waals surface area contributed by atoms with Crippen molar-refractivity contribution in [2.45, 2.75) is 45.1 Å². The smallest absolute Gasteiger partial charge is 0.164 e. The van der Waals surface area contributed by atoms with Gasteiger partial charge in [-0.05, 0) is 43.6 Å². The zero-order chi connectivity index (χ0) is 19.4. The Balaban J connectivity index is 1.71. The van der Waals surface area contributed by atoms with Crippen LogP contribution in [-0.4, -0.2) is 26.6 Å². The zero-order valence-corrected chi connectivity index (χ0v) is 17.5. The van der Waals surface area contributed by atoms with E-state index in [1.54, 1.807) is 25.6 Å². The second kappa shape index (κ2) is 6.89. The van der Waals surface area contributed by atoms with E-state index < -0.39 is 0 Å². The first-order valence-corrected chi connectivity index (χ1v) is 10.6. The first-order valence-electron chi connectivity index (χ1n) is 9.87. The number of aromatic nitrogens is 4. The second-order valence-corrected chi connectivity index (χ2v) is 8.59. The molecule has 28 heavy (non-hydrogen) atoms. The van der Waals surface area contributed by atoms with Crippen molar-refractivity contribution in [3.8, 4) is 17.0 Å². The minimum Gasteiger partial charge on any atom is -0.495 e. The predicted octanol–water partition coefficient (Wildman–Crippen LogP) is 5.73. The molecule has 0 unspecified atom stereocenters. The largest absolute Gasteiger partial charge is 0.495 e. The lowest BCUT2D eigenvalue weighted by atomic mass is 10.1. The van der Waals surface area contributed by atoms with Crippen molar-refractivity contribution in [3.63, 3.8) is 0 Å². The number of imidazole rings is 1. The minimum atomic E-state index is 0.498.